The molecule has 0 fully saturated rings. The minimum absolute atomic E-state index is 0.000139. The monoisotopic (exact) mass is 252 g/mol. The molecule has 0 amide bonds. The van der Waals surface area contributed by atoms with Gasteiger partial charge in [-0.2, -0.15) is 0 Å². The SMILES string of the molecule is COc1cc(CC(C)C)c(O)c(O)c1CC(C)C. The van der Waals surface area contributed by atoms with E-state index in [4.69, 9.17) is 4.74 Å². The first kappa shape index (κ1) is 14.7. The van der Waals surface area contributed by atoms with Gasteiger partial charge in [-0.25, -0.2) is 0 Å². The van der Waals surface area contributed by atoms with E-state index < -0.39 is 0 Å². The van der Waals surface area contributed by atoms with Crippen LogP contribution >= 0.6 is 0 Å². The van der Waals surface area contributed by atoms with Gasteiger partial charge in [-0.15, -0.1) is 0 Å². The first-order chi connectivity index (χ1) is 8.36. The summed E-state index contributed by atoms with van der Waals surface area (Å²) >= 11 is 0. The van der Waals surface area contributed by atoms with Crippen LogP contribution < -0.4 is 4.74 Å². The van der Waals surface area contributed by atoms with Crippen molar-refractivity contribution < 1.29 is 14.9 Å². The lowest BCUT2D eigenvalue weighted by Crippen LogP contribution is -2.02. The molecule has 0 unspecified atom stereocenters. The number of hydrogen-bond acceptors (Lipinski definition) is 3. The van der Waals surface area contributed by atoms with Crippen molar-refractivity contribution in [3.05, 3.63) is 17.2 Å². The number of aromatic hydroxyl groups is 2. The number of benzene rings is 1. The lowest BCUT2D eigenvalue weighted by molar-refractivity contribution is 0.369. The van der Waals surface area contributed by atoms with Crippen molar-refractivity contribution in [1.82, 2.24) is 0 Å². The Balaban J connectivity index is 3.25. The number of rotatable bonds is 5. The highest BCUT2D eigenvalue weighted by Crippen LogP contribution is 2.41. The lowest BCUT2D eigenvalue weighted by Gasteiger charge is -2.17. The number of phenols is 2. The van der Waals surface area contributed by atoms with Gasteiger partial charge in [0.1, 0.15) is 5.75 Å². The molecule has 0 saturated carbocycles. The van der Waals surface area contributed by atoms with Gasteiger partial charge in [-0.05, 0) is 30.7 Å². The van der Waals surface area contributed by atoms with Crippen molar-refractivity contribution in [2.24, 2.45) is 11.8 Å². The number of ether oxygens (including phenoxy) is 1. The van der Waals surface area contributed by atoms with Gasteiger partial charge in [0, 0.05) is 11.1 Å². The van der Waals surface area contributed by atoms with Gasteiger partial charge < -0.3 is 14.9 Å². The van der Waals surface area contributed by atoms with Gasteiger partial charge in [0.15, 0.2) is 11.5 Å². The summed E-state index contributed by atoms with van der Waals surface area (Å²) < 4.78 is 5.33. The predicted octanol–water partition coefficient (Wildman–Crippen LogP) is 3.50. The predicted molar refractivity (Wildman–Crippen MR) is 73.4 cm³/mol. The average molecular weight is 252 g/mol. The zero-order chi connectivity index (χ0) is 13.9. The molecule has 3 heteroatoms. The maximum absolute atomic E-state index is 10.1. The van der Waals surface area contributed by atoms with Crippen molar-refractivity contribution in [2.75, 3.05) is 7.11 Å². The van der Waals surface area contributed by atoms with Crippen LogP contribution in [0.25, 0.3) is 0 Å². The van der Waals surface area contributed by atoms with Gasteiger partial charge in [-0.3, -0.25) is 0 Å². The molecule has 0 heterocycles. The summed E-state index contributed by atoms with van der Waals surface area (Å²) in [4.78, 5) is 0. The minimum Gasteiger partial charge on any atom is -0.504 e. The van der Waals surface area contributed by atoms with Crippen molar-refractivity contribution in [2.45, 2.75) is 40.5 Å². The molecule has 0 saturated heterocycles. The molecule has 102 valence electrons. The molecule has 18 heavy (non-hydrogen) atoms. The molecule has 0 aliphatic carbocycles. The molecular weight excluding hydrogens is 228 g/mol. The Morgan fingerprint density at radius 1 is 1.00 bits per heavy atom. The quantitative estimate of drug-likeness (QED) is 0.788. The summed E-state index contributed by atoms with van der Waals surface area (Å²) in [7, 11) is 1.59. The molecule has 3 nitrogen and oxygen atoms in total. The minimum atomic E-state index is -0.0290. The van der Waals surface area contributed by atoms with E-state index >= 15 is 0 Å². The Morgan fingerprint density at radius 3 is 2.00 bits per heavy atom. The second kappa shape index (κ2) is 5.98. The Morgan fingerprint density at radius 2 is 1.56 bits per heavy atom. The van der Waals surface area contributed by atoms with E-state index in [1.54, 1.807) is 7.11 Å². The standard InChI is InChI=1S/C15H24O3/c1-9(2)6-11-8-13(18-5)12(7-10(3)4)15(17)14(11)16/h8-10,16-17H,6-7H2,1-5H3. The number of phenolic OH excluding ortho intramolecular Hbond substituents is 2. The summed E-state index contributed by atoms with van der Waals surface area (Å²) in [6.07, 6.45) is 1.40. The van der Waals surface area contributed by atoms with E-state index in [-0.39, 0.29) is 11.5 Å². The highest BCUT2D eigenvalue weighted by molar-refractivity contribution is 5.57. The first-order valence-corrected chi connectivity index (χ1v) is 6.47. The smallest absolute Gasteiger partial charge is 0.164 e. The van der Waals surface area contributed by atoms with Crippen LogP contribution in [0.2, 0.25) is 0 Å². The third-order valence-corrected chi connectivity index (χ3v) is 2.88. The molecule has 0 aliphatic heterocycles. The highest BCUT2D eigenvalue weighted by Gasteiger charge is 2.19. The van der Waals surface area contributed by atoms with Crippen LogP contribution in [0.4, 0.5) is 0 Å². The van der Waals surface area contributed by atoms with E-state index in [1.165, 1.54) is 0 Å². The van der Waals surface area contributed by atoms with Crippen molar-refractivity contribution >= 4 is 0 Å². The largest absolute Gasteiger partial charge is 0.504 e. The second-order valence-electron chi connectivity index (χ2n) is 5.61. The van der Waals surface area contributed by atoms with Crippen molar-refractivity contribution in [3.63, 3.8) is 0 Å². The Bertz CT molecular complexity index is 409. The Hall–Kier alpha value is -1.38. The molecule has 2 N–H and O–H groups in total. The molecule has 0 atom stereocenters. The van der Waals surface area contributed by atoms with Gasteiger partial charge in [-0.1, -0.05) is 27.7 Å². The third kappa shape index (κ3) is 3.31. The Kier molecular flexibility index (Phi) is 4.88. The van der Waals surface area contributed by atoms with E-state index in [0.29, 0.717) is 29.6 Å². The van der Waals surface area contributed by atoms with Crippen LogP contribution in [-0.2, 0) is 12.8 Å². The van der Waals surface area contributed by atoms with E-state index in [1.807, 2.05) is 6.07 Å². The fourth-order valence-corrected chi connectivity index (χ4v) is 2.11. The van der Waals surface area contributed by atoms with Crippen LogP contribution in [0.15, 0.2) is 6.07 Å². The fourth-order valence-electron chi connectivity index (χ4n) is 2.11. The fraction of sp³-hybridized carbons (Fsp3) is 0.600. The molecule has 0 radical (unpaired) electrons. The molecule has 1 aromatic carbocycles. The summed E-state index contributed by atoms with van der Waals surface area (Å²) in [6.45, 7) is 8.28. The highest BCUT2D eigenvalue weighted by atomic mass is 16.5. The molecule has 0 spiro atoms. The normalized spacial score (nSPS) is 11.3. The van der Waals surface area contributed by atoms with Gasteiger partial charge >= 0.3 is 0 Å². The summed E-state index contributed by atoms with van der Waals surface area (Å²) in [5, 5.41) is 20.2. The van der Waals surface area contributed by atoms with Crippen LogP contribution in [0.1, 0.15) is 38.8 Å². The van der Waals surface area contributed by atoms with Gasteiger partial charge in [0.25, 0.3) is 0 Å². The molecule has 1 rings (SSSR count). The number of hydrogen-bond donors (Lipinski definition) is 2. The van der Waals surface area contributed by atoms with E-state index in [9.17, 15) is 10.2 Å². The zero-order valence-corrected chi connectivity index (χ0v) is 11.9. The summed E-state index contributed by atoms with van der Waals surface area (Å²) in [6, 6.07) is 1.84. The third-order valence-electron chi connectivity index (χ3n) is 2.88. The van der Waals surface area contributed by atoms with Gasteiger partial charge in [0.2, 0.25) is 0 Å². The van der Waals surface area contributed by atoms with Gasteiger partial charge in [0.05, 0.1) is 7.11 Å². The molecule has 0 aliphatic rings. The van der Waals surface area contributed by atoms with Crippen LogP contribution in [0.5, 0.6) is 17.2 Å². The second-order valence-corrected chi connectivity index (χ2v) is 5.61. The number of methoxy groups -OCH3 is 1. The average Bonchev–Trinajstić information content (AvgIpc) is 2.27. The van der Waals surface area contributed by atoms with Crippen molar-refractivity contribution in [3.8, 4) is 17.2 Å². The summed E-state index contributed by atoms with van der Waals surface area (Å²) in [5.74, 6) is 1.43. The topological polar surface area (TPSA) is 49.7 Å². The van der Waals surface area contributed by atoms with E-state index in [2.05, 4.69) is 27.7 Å². The summed E-state index contributed by atoms with van der Waals surface area (Å²) in [5.41, 5.74) is 1.43. The van der Waals surface area contributed by atoms with Crippen molar-refractivity contribution in [1.29, 1.82) is 0 Å². The Labute approximate surface area is 109 Å². The van der Waals surface area contributed by atoms with Crippen LogP contribution in [0.3, 0.4) is 0 Å². The van der Waals surface area contributed by atoms with Crippen LogP contribution in [0, 0.1) is 11.8 Å². The maximum atomic E-state index is 10.1. The maximum Gasteiger partial charge on any atom is 0.164 e. The van der Waals surface area contributed by atoms with Crippen LogP contribution in [-0.4, -0.2) is 17.3 Å². The van der Waals surface area contributed by atoms with E-state index in [0.717, 1.165) is 12.0 Å². The molecule has 1 aromatic rings. The molecular formula is C15H24O3. The lowest BCUT2D eigenvalue weighted by atomic mass is 9.95. The zero-order valence-electron chi connectivity index (χ0n) is 11.9. The molecule has 0 aromatic heterocycles. The first-order valence-electron chi connectivity index (χ1n) is 6.47. The molecule has 0 bridgehead atoms.